The van der Waals surface area contributed by atoms with Gasteiger partial charge in [0, 0.05) is 11.1 Å². The Balaban J connectivity index is 2.39. The van der Waals surface area contributed by atoms with Crippen LogP contribution in [0.15, 0.2) is 36.4 Å². The molecular formula is C15H9F3. The zero-order valence-electron chi connectivity index (χ0n) is 9.60. The van der Waals surface area contributed by atoms with Crippen LogP contribution in [0.1, 0.15) is 16.7 Å². The Morgan fingerprint density at radius 2 is 1.44 bits per heavy atom. The van der Waals surface area contributed by atoms with Crippen LogP contribution in [-0.4, -0.2) is 0 Å². The number of halogens is 3. The molecule has 2 rings (SSSR count). The van der Waals surface area contributed by atoms with Gasteiger partial charge in [0.1, 0.15) is 17.5 Å². The fraction of sp³-hybridized carbons (Fsp3) is 0.0667. The van der Waals surface area contributed by atoms with Crippen LogP contribution in [0.3, 0.4) is 0 Å². The second kappa shape index (κ2) is 4.97. The minimum absolute atomic E-state index is 0.0496. The molecule has 0 saturated heterocycles. The summed E-state index contributed by atoms with van der Waals surface area (Å²) in [6.45, 7) is 1.35. The van der Waals surface area contributed by atoms with Crippen molar-refractivity contribution in [1.29, 1.82) is 0 Å². The van der Waals surface area contributed by atoms with E-state index in [1.165, 1.54) is 19.1 Å². The molecule has 0 fully saturated rings. The minimum atomic E-state index is -0.659. The van der Waals surface area contributed by atoms with Crippen LogP contribution in [-0.2, 0) is 0 Å². The Hall–Kier alpha value is -2.21. The van der Waals surface area contributed by atoms with Gasteiger partial charge in [-0.15, -0.1) is 0 Å². The van der Waals surface area contributed by atoms with Gasteiger partial charge in [0.05, 0.1) is 5.56 Å². The van der Waals surface area contributed by atoms with Crippen molar-refractivity contribution in [2.45, 2.75) is 6.92 Å². The molecular weight excluding hydrogens is 237 g/mol. The molecule has 0 radical (unpaired) electrons. The quantitative estimate of drug-likeness (QED) is 0.620. The summed E-state index contributed by atoms with van der Waals surface area (Å²) in [5.41, 5.74) is 0.323. The van der Waals surface area contributed by atoms with Gasteiger partial charge in [0.25, 0.3) is 0 Å². The van der Waals surface area contributed by atoms with Crippen LogP contribution >= 0.6 is 0 Å². The van der Waals surface area contributed by atoms with Crippen molar-refractivity contribution in [3.8, 4) is 11.8 Å². The standard InChI is InChI=1S/C15H9F3/c1-10-14(17)8-11(9-15(10)18)6-7-12-4-2-3-5-13(12)16/h2-5,8-9H,1H3. The van der Waals surface area contributed by atoms with E-state index in [9.17, 15) is 13.2 Å². The molecule has 0 heterocycles. The van der Waals surface area contributed by atoms with Crippen LogP contribution in [0, 0.1) is 36.2 Å². The first-order valence-corrected chi connectivity index (χ1v) is 5.30. The van der Waals surface area contributed by atoms with Crippen LogP contribution in [0.4, 0.5) is 13.2 Å². The number of hydrogen-bond acceptors (Lipinski definition) is 0. The molecule has 0 nitrogen and oxygen atoms in total. The summed E-state index contributed by atoms with van der Waals surface area (Å²) in [4.78, 5) is 0. The molecule has 0 aliphatic heterocycles. The molecule has 0 unspecified atom stereocenters. The molecule has 2 aromatic carbocycles. The Morgan fingerprint density at radius 3 is 2.06 bits per heavy atom. The molecule has 0 atom stereocenters. The van der Waals surface area contributed by atoms with Crippen molar-refractivity contribution >= 4 is 0 Å². The lowest BCUT2D eigenvalue weighted by Gasteiger charge is -1.99. The van der Waals surface area contributed by atoms with E-state index in [-0.39, 0.29) is 16.7 Å². The average Bonchev–Trinajstić information content (AvgIpc) is 2.35. The zero-order valence-corrected chi connectivity index (χ0v) is 9.60. The van der Waals surface area contributed by atoms with Gasteiger partial charge >= 0.3 is 0 Å². The molecule has 18 heavy (non-hydrogen) atoms. The van der Waals surface area contributed by atoms with Gasteiger partial charge < -0.3 is 0 Å². The average molecular weight is 246 g/mol. The summed E-state index contributed by atoms with van der Waals surface area (Å²) in [7, 11) is 0. The predicted molar refractivity (Wildman–Crippen MR) is 63.5 cm³/mol. The molecule has 0 amide bonds. The summed E-state index contributed by atoms with van der Waals surface area (Å²) in [5.74, 6) is 3.31. The van der Waals surface area contributed by atoms with E-state index in [1.54, 1.807) is 12.1 Å². The predicted octanol–water partition coefficient (Wildman–Crippen LogP) is 3.81. The first-order chi connectivity index (χ1) is 8.58. The topological polar surface area (TPSA) is 0 Å². The Morgan fingerprint density at radius 1 is 0.833 bits per heavy atom. The lowest BCUT2D eigenvalue weighted by molar-refractivity contribution is 0.567. The first-order valence-electron chi connectivity index (χ1n) is 5.30. The number of hydrogen-bond donors (Lipinski definition) is 0. The highest BCUT2D eigenvalue weighted by molar-refractivity contribution is 5.44. The largest absolute Gasteiger partial charge is 0.207 e. The Bertz CT molecular complexity index is 625. The fourth-order valence-electron chi connectivity index (χ4n) is 1.42. The van der Waals surface area contributed by atoms with Crippen molar-refractivity contribution in [2.24, 2.45) is 0 Å². The minimum Gasteiger partial charge on any atom is -0.207 e. The lowest BCUT2D eigenvalue weighted by Crippen LogP contribution is -1.90. The first kappa shape index (κ1) is 12.3. The third-order valence-electron chi connectivity index (χ3n) is 2.50. The Labute approximate surface area is 103 Å². The van der Waals surface area contributed by atoms with E-state index in [2.05, 4.69) is 11.8 Å². The molecule has 90 valence electrons. The monoisotopic (exact) mass is 246 g/mol. The highest BCUT2D eigenvalue weighted by Gasteiger charge is 2.05. The molecule has 3 heteroatoms. The second-order valence-corrected chi connectivity index (χ2v) is 3.79. The molecule has 0 aromatic heterocycles. The highest BCUT2D eigenvalue weighted by atomic mass is 19.1. The SMILES string of the molecule is Cc1c(F)cc(C#Cc2ccccc2F)cc1F. The maximum atomic E-state index is 13.3. The third kappa shape index (κ3) is 2.54. The molecule has 0 aliphatic carbocycles. The summed E-state index contributed by atoms with van der Waals surface area (Å²) in [5, 5.41) is 0. The van der Waals surface area contributed by atoms with Crippen LogP contribution in [0.2, 0.25) is 0 Å². The van der Waals surface area contributed by atoms with E-state index in [4.69, 9.17) is 0 Å². The molecule has 0 N–H and O–H groups in total. The zero-order chi connectivity index (χ0) is 13.1. The third-order valence-corrected chi connectivity index (χ3v) is 2.50. The summed E-state index contributed by atoms with van der Waals surface area (Å²) in [6, 6.07) is 8.23. The van der Waals surface area contributed by atoms with Gasteiger partial charge in [-0.1, -0.05) is 24.0 Å². The molecule has 0 spiro atoms. The van der Waals surface area contributed by atoms with Crippen LogP contribution in [0.25, 0.3) is 0 Å². The van der Waals surface area contributed by atoms with Gasteiger partial charge in [-0.05, 0) is 31.2 Å². The molecule has 0 saturated carbocycles. The van der Waals surface area contributed by atoms with E-state index >= 15 is 0 Å². The maximum Gasteiger partial charge on any atom is 0.138 e. The number of rotatable bonds is 0. The summed E-state index contributed by atoms with van der Waals surface area (Å²) >= 11 is 0. The van der Waals surface area contributed by atoms with Crippen LogP contribution < -0.4 is 0 Å². The van der Waals surface area contributed by atoms with Gasteiger partial charge in [-0.3, -0.25) is 0 Å². The van der Waals surface area contributed by atoms with Gasteiger partial charge in [-0.25, -0.2) is 13.2 Å². The van der Waals surface area contributed by atoms with Gasteiger partial charge in [0.2, 0.25) is 0 Å². The Kier molecular flexibility index (Phi) is 3.38. The smallest absolute Gasteiger partial charge is 0.138 e. The highest BCUT2D eigenvalue weighted by Crippen LogP contribution is 2.13. The van der Waals surface area contributed by atoms with Gasteiger partial charge in [0.15, 0.2) is 0 Å². The summed E-state index contributed by atoms with van der Waals surface area (Å²) < 4.78 is 39.8. The molecule has 0 bridgehead atoms. The van der Waals surface area contributed by atoms with Crippen molar-refractivity contribution in [1.82, 2.24) is 0 Å². The van der Waals surface area contributed by atoms with Crippen molar-refractivity contribution in [3.05, 3.63) is 70.5 Å². The van der Waals surface area contributed by atoms with E-state index in [1.807, 2.05) is 0 Å². The lowest BCUT2D eigenvalue weighted by atomic mass is 10.1. The molecule has 0 aliphatic rings. The molecule has 2 aromatic rings. The maximum absolute atomic E-state index is 13.3. The fourth-order valence-corrected chi connectivity index (χ4v) is 1.42. The van der Waals surface area contributed by atoms with Crippen LogP contribution in [0.5, 0.6) is 0 Å². The van der Waals surface area contributed by atoms with Crippen molar-refractivity contribution < 1.29 is 13.2 Å². The van der Waals surface area contributed by atoms with Crippen molar-refractivity contribution in [3.63, 3.8) is 0 Å². The summed E-state index contributed by atoms with van der Waals surface area (Å²) in [6.07, 6.45) is 0. The van der Waals surface area contributed by atoms with E-state index in [0.717, 1.165) is 12.1 Å². The number of benzene rings is 2. The van der Waals surface area contributed by atoms with Crippen molar-refractivity contribution in [2.75, 3.05) is 0 Å². The normalized spacial score (nSPS) is 9.78. The van der Waals surface area contributed by atoms with E-state index in [0.29, 0.717) is 0 Å². The van der Waals surface area contributed by atoms with Gasteiger partial charge in [-0.2, -0.15) is 0 Å². The van der Waals surface area contributed by atoms with E-state index < -0.39 is 17.5 Å². The second-order valence-electron chi connectivity index (χ2n) is 3.79.